The van der Waals surface area contributed by atoms with Crippen LogP contribution in [0.2, 0.25) is 0 Å². The number of rotatable bonds is 7. The fourth-order valence-electron chi connectivity index (χ4n) is 1.62. The molecule has 0 saturated carbocycles. The number of nitrogens with zero attached hydrogens (tertiary/aromatic N) is 2. The van der Waals surface area contributed by atoms with Crippen LogP contribution in [-0.4, -0.2) is 41.5 Å². The molecule has 0 aliphatic heterocycles. The van der Waals surface area contributed by atoms with Gasteiger partial charge in [0.05, 0.1) is 12.2 Å². The highest BCUT2D eigenvalue weighted by molar-refractivity contribution is 7.08. The van der Waals surface area contributed by atoms with E-state index in [1.165, 1.54) is 0 Å². The predicted octanol–water partition coefficient (Wildman–Crippen LogP) is 1.96. The largest absolute Gasteiger partial charge is 0.351 e. The first kappa shape index (κ1) is 17.0. The quantitative estimate of drug-likeness (QED) is 0.779. The summed E-state index contributed by atoms with van der Waals surface area (Å²) in [5, 5.41) is 6.86. The second-order valence-electron chi connectivity index (χ2n) is 5.25. The van der Waals surface area contributed by atoms with Crippen molar-refractivity contribution in [3.05, 3.63) is 10.6 Å². The van der Waals surface area contributed by atoms with Crippen LogP contribution < -0.4 is 5.32 Å². The SMILES string of the molecule is CCOC(CNC(=O)c1snnc1C(C)(C)C)OCC. The number of amides is 1. The lowest BCUT2D eigenvalue weighted by Gasteiger charge is -2.18. The van der Waals surface area contributed by atoms with Crippen molar-refractivity contribution in [3.63, 3.8) is 0 Å². The van der Waals surface area contributed by atoms with E-state index in [4.69, 9.17) is 9.47 Å². The van der Waals surface area contributed by atoms with Crippen LogP contribution in [0.3, 0.4) is 0 Å². The van der Waals surface area contributed by atoms with Gasteiger partial charge in [0.15, 0.2) is 6.29 Å². The maximum atomic E-state index is 12.2. The van der Waals surface area contributed by atoms with E-state index in [2.05, 4.69) is 14.9 Å². The Labute approximate surface area is 124 Å². The normalized spacial score (nSPS) is 11.9. The first-order chi connectivity index (χ1) is 9.40. The van der Waals surface area contributed by atoms with Crippen LogP contribution >= 0.6 is 11.5 Å². The molecular weight excluding hydrogens is 278 g/mol. The lowest BCUT2D eigenvalue weighted by atomic mass is 9.91. The standard InChI is InChI=1S/C13H23N3O3S/c1-6-18-9(19-7-2)8-14-12(17)10-11(13(3,4)5)15-16-20-10/h9H,6-8H2,1-5H3,(H,14,17). The van der Waals surface area contributed by atoms with Gasteiger partial charge in [0.2, 0.25) is 0 Å². The van der Waals surface area contributed by atoms with Gasteiger partial charge in [-0.15, -0.1) is 5.10 Å². The molecule has 0 radical (unpaired) electrons. The second kappa shape index (κ2) is 7.66. The molecule has 1 aromatic rings. The molecule has 0 fully saturated rings. The van der Waals surface area contributed by atoms with Gasteiger partial charge in [-0.2, -0.15) is 0 Å². The van der Waals surface area contributed by atoms with E-state index in [0.717, 1.165) is 11.5 Å². The Morgan fingerprint density at radius 3 is 2.40 bits per heavy atom. The Balaban J connectivity index is 2.65. The fraction of sp³-hybridized carbons (Fsp3) is 0.769. The number of hydrogen-bond acceptors (Lipinski definition) is 6. The number of ether oxygens (including phenoxy) is 2. The van der Waals surface area contributed by atoms with Crippen LogP contribution in [0, 0.1) is 0 Å². The van der Waals surface area contributed by atoms with Crippen molar-refractivity contribution in [2.24, 2.45) is 0 Å². The van der Waals surface area contributed by atoms with Crippen molar-refractivity contribution in [3.8, 4) is 0 Å². The van der Waals surface area contributed by atoms with Gasteiger partial charge >= 0.3 is 0 Å². The lowest BCUT2D eigenvalue weighted by molar-refractivity contribution is -0.131. The number of carbonyl (C=O) groups is 1. The summed E-state index contributed by atoms with van der Waals surface area (Å²) in [4.78, 5) is 12.7. The first-order valence-electron chi connectivity index (χ1n) is 6.74. The molecular formula is C13H23N3O3S. The second-order valence-corrected chi connectivity index (χ2v) is 6.01. The minimum Gasteiger partial charge on any atom is -0.351 e. The van der Waals surface area contributed by atoms with Crippen LogP contribution in [0.1, 0.15) is 50.0 Å². The highest BCUT2D eigenvalue weighted by Gasteiger charge is 2.26. The van der Waals surface area contributed by atoms with Gasteiger partial charge in [-0.05, 0) is 25.4 Å². The third-order valence-corrected chi connectivity index (χ3v) is 3.26. The predicted molar refractivity (Wildman–Crippen MR) is 78.0 cm³/mol. The maximum absolute atomic E-state index is 12.2. The molecule has 1 heterocycles. The molecule has 7 heteroatoms. The van der Waals surface area contributed by atoms with Gasteiger partial charge < -0.3 is 14.8 Å². The zero-order valence-corrected chi connectivity index (χ0v) is 13.5. The maximum Gasteiger partial charge on any atom is 0.265 e. The molecule has 1 amide bonds. The molecule has 0 atom stereocenters. The monoisotopic (exact) mass is 301 g/mol. The Morgan fingerprint density at radius 2 is 1.90 bits per heavy atom. The number of nitrogens with one attached hydrogen (secondary N) is 1. The van der Waals surface area contributed by atoms with Crippen molar-refractivity contribution in [1.82, 2.24) is 14.9 Å². The summed E-state index contributed by atoms with van der Waals surface area (Å²) in [7, 11) is 0. The summed E-state index contributed by atoms with van der Waals surface area (Å²) >= 11 is 1.11. The minimum atomic E-state index is -0.423. The van der Waals surface area contributed by atoms with Gasteiger partial charge in [0.1, 0.15) is 4.88 Å². The summed E-state index contributed by atoms with van der Waals surface area (Å²) in [6.45, 7) is 11.2. The van der Waals surface area contributed by atoms with Crippen molar-refractivity contribution in [2.45, 2.75) is 46.3 Å². The third kappa shape index (κ3) is 4.81. The van der Waals surface area contributed by atoms with Crippen molar-refractivity contribution in [2.75, 3.05) is 19.8 Å². The average Bonchev–Trinajstić information content (AvgIpc) is 2.85. The van der Waals surface area contributed by atoms with Gasteiger partial charge in [-0.1, -0.05) is 25.3 Å². The molecule has 0 aliphatic carbocycles. The Hall–Kier alpha value is -1.05. The Morgan fingerprint density at radius 1 is 1.30 bits per heavy atom. The van der Waals surface area contributed by atoms with Gasteiger partial charge in [-0.3, -0.25) is 4.79 Å². The zero-order valence-electron chi connectivity index (χ0n) is 12.7. The molecule has 114 valence electrons. The van der Waals surface area contributed by atoms with E-state index in [1.54, 1.807) is 0 Å². The smallest absolute Gasteiger partial charge is 0.265 e. The highest BCUT2D eigenvalue weighted by Crippen LogP contribution is 2.25. The summed E-state index contributed by atoms with van der Waals surface area (Å²) in [5.41, 5.74) is 0.503. The number of carbonyl (C=O) groups excluding carboxylic acids is 1. The van der Waals surface area contributed by atoms with Crippen molar-refractivity contribution >= 4 is 17.4 Å². The van der Waals surface area contributed by atoms with Gasteiger partial charge in [0, 0.05) is 18.6 Å². The molecule has 0 saturated heterocycles. The lowest BCUT2D eigenvalue weighted by Crippen LogP contribution is -2.36. The molecule has 1 N–H and O–H groups in total. The van der Waals surface area contributed by atoms with Gasteiger partial charge in [-0.25, -0.2) is 0 Å². The molecule has 1 rings (SSSR count). The summed E-state index contributed by atoms with van der Waals surface area (Å²) in [5.74, 6) is -0.186. The number of hydrogen-bond donors (Lipinski definition) is 1. The molecule has 20 heavy (non-hydrogen) atoms. The topological polar surface area (TPSA) is 73.3 Å². The van der Waals surface area contributed by atoms with Crippen LogP contribution in [0.5, 0.6) is 0 Å². The zero-order chi connectivity index (χ0) is 15.2. The Kier molecular flexibility index (Phi) is 6.51. The third-order valence-electron chi connectivity index (χ3n) is 2.54. The van der Waals surface area contributed by atoms with Crippen molar-refractivity contribution < 1.29 is 14.3 Å². The van der Waals surface area contributed by atoms with Gasteiger partial charge in [0.25, 0.3) is 5.91 Å². The molecule has 1 aromatic heterocycles. The van der Waals surface area contributed by atoms with E-state index >= 15 is 0 Å². The summed E-state index contributed by atoms with van der Waals surface area (Å²) in [6, 6.07) is 0. The van der Waals surface area contributed by atoms with E-state index in [0.29, 0.717) is 30.3 Å². The van der Waals surface area contributed by atoms with Crippen LogP contribution in [0.4, 0.5) is 0 Å². The highest BCUT2D eigenvalue weighted by atomic mass is 32.1. The van der Waals surface area contributed by atoms with Crippen molar-refractivity contribution in [1.29, 1.82) is 0 Å². The summed E-state index contributed by atoms with van der Waals surface area (Å²) < 4.78 is 14.6. The molecule has 0 aliphatic rings. The summed E-state index contributed by atoms with van der Waals surface area (Å²) in [6.07, 6.45) is -0.423. The Bertz CT molecular complexity index is 423. The van der Waals surface area contributed by atoms with E-state index in [-0.39, 0.29) is 11.3 Å². The molecule has 0 aromatic carbocycles. The number of aromatic nitrogens is 2. The average molecular weight is 301 g/mol. The molecule has 6 nitrogen and oxygen atoms in total. The van der Waals surface area contributed by atoms with E-state index in [1.807, 2.05) is 34.6 Å². The minimum absolute atomic E-state index is 0.186. The molecule has 0 unspecified atom stereocenters. The first-order valence-corrected chi connectivity index (χ1v) is 7.51. The van der Waals surface area contributed by atoms with E-state index in [9.17, 15) is 4.79 Å². The van der Waals surface area contributed by atoms with E-state index < -0.39 is 6.29 Å². The van der Waals surface area contributed by atoms with Crippen LogP contribution in [0.15, 0.2) is 0 Å². The molecule has 0 spiro atoms. The fourth-order valence-corrected chi connectivity index (χ4v) is 2.42. The van der Waals surface area contributed by atoms with Crippen LogP contribution in [-0.2, 0) is 14.9 Å². The van der Waals surface area contributed by atoms with Crippen LogP contribution in [0.25, 0.3) is 0 Å². The molecule has 0 bridgehead atoms.